The van der Waals surface area contributed by atoms with Gasteiger partial charge < -0.3 is 14.5 Å². The van der Waals surface area contributed by atoms with Gasteiger partial charge in [0.05, 0.1) is 5.56 Å². The fraction of sp³-hybridized carbons (Fsp3) is 0.533. The third-order valence-electron chi connectivity index (χ3n) is 3.02. The minimum absolute atomic E-state index is 0.272. The lowest BCUT2D eigenvalue weighted by Gasteiger charge is -2.35. The van der Waals surface area contributed by atoms with Crippen molar-refractivity contribution in [1.82, 2.24) is 14.9 Å². The molecule has 2 rings (SSSR count). The van der Waals surface area contributed by atoms with Crippen molar-refractivity contribution in [3.05, 3.63) is 18.0 Å². The number of piperazine rings is 1. The van der Waals surface area contributed by atoms with Crippen LogP contribution in [0.1, 0.15) is 26.3 Å². The zero-order chi connectivity index (χ0) is 15.5. The van der Waals surface area contributed by atoms with Crippen LogP contribution in [0.2, 0.25) is 0 Å². The van der Waals surface area contributed by atoms with Crippen molar-refractivity contribution < 1.29 is 9.53 Å². The van der Waals surface area contributed by atoms with Gasteiger partial charge in [0.1, 0.15) is 5.60 Å². The predicted molar refractivity (Wildman–Crippen MR) is 80.0 cm³/mol. The van der Waals surface area contributed by atoms with E-state index in [1.165, 1.54) is 0 Å². The number of ether oxygens (including phenoxy) is 1. The van der Waals surface area contributed by atoms with Crippen LogP contribution in [0.5, 0.6) is 0 Å². The van der Waals surface area contributed by atoms with Crippen LogP contribution in [0.25, 0.3) is 0 Å². The van der Waals surface area contributed by atoms with Crippen LogP contribution in [-0.4, -0.2) is 52.7 Å². The Labute approximate surface area is 125 Å². The Morgan fingerprint density at radius 3 is 2.29 bits per heavy atom. The van der Waals surface area contributed by atoms with Crippen LogP contribution in [0.4, 0.5) is 10.7 Å². The molecule has 0 unspecified atom stereocenters. The predicted octanol–water partition coefficient (Wildman–Crippen LogP) is 1.52. The maximum atomic E-state index is 12.0. The molecule has 1 aromatic rings. The molecule has 0 N–H and O–H groups in total. The minimum Gasteiger partial charge on any atom is -0.444 e. The first-order chi connectivity index (χ1) is 9.89. The number of terminal acetylenes is 1. The topological polar surface area (TPSA) is 58.6 Å². The third kappa shape index (κ3) is 4.09. The molecule has 2 heterocycles. The second-order valence-electron chi connectivity index (χ2n) is 5.87. The summed E-state index contributed by atoms with van der Waals surface area (Å²) in [6.45, 7) is 8.12. The second-order valence-corrected chi connectivity index (χ2v) is 5.87. The summed E-state index contributed by atoms with van der Waals surface area (Å²) in [4.78, 5) is 24.2. The molecule has 6 nitrogen and oxygen atoms in total. The second kappa shape index (κ2) is 6.00. The molecule has 6 heteroatoms. The summed E-state index contributed by atoms with van der Waals surface area (Å²) < 4.78 is 5.36. The van der Waals surface area contributed by atoms with E-state index in [9.17, 15) is 4.79 Å². The summed E-state index contributed by atoms with van der Waals surface area (Å²) in [6.07, 6.45) is 8.26. The highest BCUT2D eigenvalue weighted by atomic mass is 16.6. The van der Waals surface area contributed by atoms with E-state index in [0.717, 1.165) is 0 Å². The molecule has 21 heavy (non-hydrogen) atoms. The number of amides is 1. The van der Waals surface area contributed by atoms with Gasteiger partial charge >= 0.3 is 6.09 Å². The zero-order valence-corrected chi connectivity index (χ0v) is 12.7. The van der Waals surface area contributed by atoms with Crippen LogP contribution in [-0.2, 0) is 4.74 Å². The Morgan fingerprint density at radius 1 is 1.24 bits per heavy atom. The van der Waals surface area contributed by atoms with E-state index in [-0.39, 0.29) is 6.09 Å². The Balaban J connectivity index is 1.91. The lowest BCUT2D eigenvalue weighted by atomic mass is 10.2. The standard InChI is InChI=1S/C15H20N4O2/c1-5-12-10-16-13(17-11-12)18-6-8-19(9-7-18)14(20)21-15(2,3)4/h1,10-11H,6-9H2,2-4H3. The summed E-state index contributed by atoms with van der Waals surface area (Å²) in [7, 11) is 0. The number of hydrogen-bond acceptors (Lipinski definition) is 5. The number of hydrogen-bond donors (Lipinski definition) is 0. The lowest BCUT2D eigenvalue weighted by Crippen LogP contribution is -2.50. The normalized spacial score (nSPS) is 15.5. The van der Waals surface area contributed by atoms with E-state index >= 15 is 0 Å². The molecular formula is C15H20N4O2. The summed E-state index contributed by atoms with van der Waals surface area (Å²) in [6, 6.07) is 0. The maximum Gasteiger partial charge on any atom is 0.410 e. The number of nitrogens with zero attached hydrogens (tertiary/aromatic N) is 4. The lowest BCUT2D eigenvalue weighted by molar-refractivity contribution is 0.0240. The van der Waals surface area contributed by atoms with Gasteiger partial charge in [-0.1, -0.05) is 5.92 Å². The quantitative estimate of drug-likeness (QED) is 0.733. The molecule has 0 bridgehead atoms. The molecule has 0 aliphatic carbocycles. The monoisotopic (exact) mass is 288 g/mol. The number of anilines is 1. The van der Waals surface area contributed by atoms with Gasteiger partial charge in [-0.3, -0.25) is 0 Å². The Bertz CT molecular complexity index is 534. The summed E-state index contributed by atoms with van der Waals surface area (Å²) in [5.41, 5.74) is 0.189. The van der Waals surface area contributed by atoms with E-state index in [0.29, 0.717) is 37.7 Å². The zero-order valence-electron chi connectivity index (χ0n) is 12.7. The molecule has 0 spiro atoms. The molecule has 1 saturated heterocycles. The first-order valence-corrected chi connectivity index (χ1v) is 6.90. The molecule has 0 saturated carbocycles. The average Bonchev–Trinajstić information content (AvgIpc) is 2.46. The molecule has 1 aliphatic heterocycles. The highest BCUT2D eigenvalue weighted by Crippen LogP contribution is 2.14. The van der Waals surface area contributed by atoms with Gasteiger partial charge in [0.2, 0.25) is 5.95 Å². The molecule has 1 aromatic heterocycles. The van der Waals surface area contributed by atoms with Gasteiger partial charge in [0, 0.05) is 38.6 Å². The molecule has 0 radical (unpaired) electrons. The molecule has 1 aliphatic rings. The Hall–Kier alpha value is -2.29. The number of aromatic nitrogens is 2. The first-order valence-electron chi connectivity index (χ1n) is 6.90. The molecule has 0 atom stereocenters. The van der Waals surface area contributed by atoms with E-state index in [1.54, 1.807) is 17.3 Å². The molecule has 1 amide bonds. The minimum atomic E-state index is -0.470. The van der Waals surface area contributed by atoms with Gasteiger partial charge in [-0.2, -0.15) is 0 Å². The van der Waals surface area contributed by atoms with Crippen molar-refractivity contribution in [2.45, 2.75) is 26.4 Å². The third-order valence-corrected chi connectivity index (χ3v) is 3.02. The van der Waals surface area contributed by atoms with Crippen LogP contribution in [0.3, 0.4) is 0 Å². The van der Waals surface area contributed by atoms with Gasteiger partial charge in [-0.15, -0.1) is 6.42 Å². The van der Waals surface area contributed by atoms with Gasteiger partial charge in [0.15, 0.2) is 0 Å². The fourth-order valence-corrected chi connectivity index (χ4v) is 1.97. The Morgan fingerprint density at radius 2 is 1.81 bits per heavy atom. The van der Waals surface area contributed by atoms with Crippen LogP contribution < -0.4 is 4.90 Å². The molecule has 1 fully saturated rings. The molecule has 112 valence electrons. The maximum absolute atomic E-state index is 12.0. The van der Waals surface area contributed by atoms with Crippen molar-refractivity contribution in [3.63, 3.8) is 0 Å². The highest BCUT2D eigenvalue weighted by molar-refractivity contribution is 5.68. The largest absolute Gasteiger partial charge is 0.444 e. The summed E-state index contributed by atoms with van der Waals surface area (Å²) in [5.74, 6) is 3.12. The van der Waals surface area contributed by atoms with E-state index < -0.39 is 5.60 Å². The fourth-order valence-electron chi connectivity index (χ4n) is 1.97. The number of rotatable bonds is 1. The van der Waals surface area contributed by atoms with Crippen molar-refractivity contribution in [2.75, 3.05) is 31.1 Å². The van der Waals surface area contributed by atoms with E-state index in [1.807, 2.05) is 25.7 Å². The van der Waals surface area contributed by atoms with E-state index in [4.69, 9.17) is 11.2 Å². The smallest absolute Gasteiger partial charge is 0.410 e. The van der Waals surface area contributed by atoms with Crippen LogP contribution >= 0.6 is 0 Å². The van der Waals surface area contributed by atoms with Crippen molar-refractivity contribution in [2.24, 2.45) is 0 Å². The number of carbonyl (C=O) groups excluding carboxylic acids is 1. The SMILES string of the molecule is C#Cc1cnc(N2CCN(C(=O)OC(C)(C)C)CC2)nc1. The van der Waals surface area contributed by atoms with Crippen LogP contribution in [0.15, 0.2) is 12.4 Å². The summed E-state index contributed by atoms with van der Waals surface area (Å²) in [5, 5.41) is 0. The molecular weight excluding hydrogens is 268 g/mol. The van der Waals surface area contributed by atoms with Gasteiger partial charge in [-0.05, 0) is 20.8 Å². The van der Waals surface area contributed by atoms with Crippen molar-refractivity contribution >= 4 is 12.0 Å². The number of carbonyl (C=O) groups is 1. The van der Waals surface area contributed by atoms with E-state index in [2.05, 4.69) is 15.9 Å². The summed E-state index contributed by atoms with van der Waals surface area (Å²) >= 11 is 0. The molecule has 0 aromatic carbocycles. The van der Waals surface area contributed by atoms with Crippen molar-refractivity contribution in [3.8, 4) is 12.3 Å². The first kappa shape index (κ1) is 15.1. The Kier molecular flexibility index (Phi) is 4.32. The highest BCUT2D eigenvalue weighted by Gasteiger charge is 2.26. The van der Waals surface area contributed by atoms with Crippen molar-refractivity contribution in [1.29, 1.82) is 0 Å². The van der Waals surface area contributed by atoms with Gasteiger partial charge in [0.25, 0.3) is 0 Å². The average molecular weight is 288 g/mol. The van der Waals surface area contributed by atoms with Crippen LogP contribution in [0, 0.1) is 12.3 Å². The van der Waals surface area contributed by atoms with Gasteiger partial charge in [-0.25, -0.2) is 14.8 Å².